The number of nitrogens with zero attached hydrogens (tertiary/aromatic N) is 1. The number of carbonyl (C=O) groups excluding carboxylic acids is 1. The van der Waals surface area contributed by atoms with Gasteiger partial charge in [-0.15, -0.1) is 0 Å². The number of rotatable bonds is 1. The molecule has 2 nitrogen and oxygen atoms in total. The summed E-state index contributed by atoms with van der Waals surface area (Å²) in [6, 6.07) is 22.9. The summed E-state index contributed by atoms with van der Waals surface area (Å²) in [4.78, 5) is 15.0. The van der Waals surface area contributed by atoms with Crippen molar-refractivity contribution in [1.82, 2.24) is 4.90 Å². The first-order valence-corrected chi connectivity index (χ1v) is 9.32. The fraction of sp³-hybridized carbons (Fsp3) is 0.208. The second-order valence-corrected chi connectivity index (χ2v) is 7.43. The number of carbonyl (C=O) groups is 1. The van der Waals surface area contributed by atoms with Gasteiger partial charge in [-0.05, 0) is 46.9 Å². The molecule has 2 heteroatoms. The molecule has 1 aliphatic heterocycles. The van der Waals surface area contributed by atoms with Crippen molar-refractivity contribution in [2.24, 2.45) is 0 Å². The minimum atomic E-state index is 0.122. The summed E-state index contributed by atoms with van der Waals surface area (Å²) in [5, 5.41) is 2.30. The molecule has 0 unspecified atom stereocenters. The third-order valence-corrected chi connectivity index (χ3v) is 6.02. The second-order valence-electron chi connectivity index (χ2n) is 7.43. The molecule has 2 aliphatic rings. The van der Waals surface area contributed by atoms with Crippen molar-refractivity contribution in [2.45, 2.75) is 18.3 Å². The van der Waals surface area contributed by atoms with Crippen LogP contribution in [0, 0.1) is 0 Å². The largest absolute Gasteiger partial charge is 0.339 e. The van der Waals surface area contributed by atoms with Crippen molar-refractivity contribution in [3.05, 3.63) is 89.5 Å². The Morgan fingerprint density at radius 3 is 2.42 bits per heavy atom. The van der Waals surface area contributed by atoms with Crippen LogP contribution in [0.3, 0.4) is 0 Å². The molecule has 0 bridgehead atoms. The van der Waals surface area contributed by atoms with E-state index in [-0.39, 0.29) is 11.3 Å². The van der Waals surface area contributed by atoms with Crippen LogP contribution in [0.2, 0.25) is 0 Å². The van der Waals surface area contributed by atoms with Crippen molar-refractivity contribution in [1.29, 1.82) is 0 Å². The standard InChI is InChI=1S/C24H21NO/c26-23(21-10-9-18-5-1-2-7-20(18)17-21)25-15-13-24(14-16-25)12-11-19-6-3-4-8-22(19)24/h1-12,17H,13-16H2. The van der Waals surface area contributed by atoms with Gasteiger partial charge >= 0.3 is 0 Å². The molecule has 0 aromatic heterocycles. The summed E-state index contributed by atoms with van der Waals surface area (Å²) in [7, 11) is 0. The molecule has 0 saturated carbocycles. The van der Waals surface area contributed by atoms with Gasteiger partial charge in [-0.25, -0.2) is 0 Å². The molecular formula is C24H21NO. The summed E-state index contributed by atoms with van der Waals surface area (Å²) >= 11 is 0. The molecule has 1 aliphatic carbocycles. The Bertz CT molecular complexity index is 1030. The average molecular weight is 339 g/mol. The number of hydrogen-bond donors (Lipinski definition) is 0. The molecule has 1 fully saturated rings. The quantitative estimate of drug-likeness (QED) is 0.608. The van der Waals surface area contributed by atoms with Gasteiger partial charge in [0.2, 0.25) is 0 Å². The molecule has 0 radical (unpaired) electrons. The van der Waals surface area contributed by atoms with Gasteiger partial charge in [0, 0.05) is 24.1 Å². The Morgan fingerprint density at radius 2 is 1.58 bits per heavy atom. The third kappa shape index (κ3) is 2.37. The minimum Gasteiger partial charge on any atom is -0.339 e. The van der Waals surface area contributed by atoms with E-state index in [0.717, 1.165) is 36.9 Å². The minimum absolute atomic E-state index is 0.122. The molecule has 0 atom stereocenters. The van der Waals surface area contributed by atoms with Gasteiger partial charge in [0.1, 0.15) is 0 Å². The maximum Gasteiger partial charge on any atom is 0.253 e. The molecule has 1 heterocycles. The number of amides is 1. The molecule has 0 N–H and O–H groups in total. The first-order chi connectivity index (χ1) is 12.8. The van der Waals surface area contributed by atoms with E-state index in [1.807, 2.05) is 35.2 Å². The molecule has 5 rings (SSSR count). The van der Waals surface area contributed by atoms with Crippen molar-refractivity contribution in [3.8, 4) is 0 Å². The maximum absolute atomic E-state index is 13.0. The summed E-state index contributed by atoms with van der Waals surface area (Å²) < 4.78 is 0. The van der Waals surface area contributed by atoms with Crippen LogP contribution in [0.25, 0.3) is 16.8 Å². The lowest BCUT2D eigenvalue weighted by atomic mass is 9.74. The van der Waals surface area contributed by atoms with Crippen LogP contribution in [0.1, 0.15) is 34.3 Å². The molecule has 3 aromatic carbocycles. The highest BCUT2D eigenvalue weighted by Gasteiger charge is 2.38. The Kier molecular flexibility index (Phi) is 3.46. The molecule has 1 saturated heterocycles. The van der Waals surface area contributed by atoms with Crippen LogP contribution in [-0.4, -0.2) is 23.9 Å². The summed E-state index contributed by atoms with van der Waals surface area (Å²) in [6.45, 7) is 1.62. The van der Waals surface area contributed by atoms with Crippen molar-refractivity contribution in [2.75, 3.05) is 13.1 Å². The van der Waals surface area contributed by atoms with Crippen molar-refractivity contribution >= 4 is 22.8 Å². The highest BCUT2D eigenvalue weighted by atomic mass is 16.2. The number of allylic oxidation sites excluding steroid dienone is 1. The summed E-state index contributed by atoms with van der Waals surface area (Å²) in [5.41, 5.74) is 3.68. The summed E-state index contributed by atoms with van der Waals surface area (Å²) in [6.07, 6.45) is 6.60. The van der Waals surface area contributed by atoms with E-state index in [1.54, 1.807) is 0 Å². The fourth-order valence-corrected chi connectivity index (χ4v) is 4.48. The van der Waals surface area contributed by atoms with E-state index < -0.39 is 0 Å². The smallest absolute Gasteiger partial charge is 0.253 e. The van der Waals surface area contributed by atoms with Gasteiger partial charge in [-0.2, -0.15) is 0 Å². The Morgan fingerprint density at radius 1 is 0.846 bits per heavy atom. The van der Waals surface area contributed by atoms with Crippen LogP contribution >= 0.6 is 0 Å². The molecule has 3 aromatic rings. The first-order valence-electron chi connectivity index (χ1n) is 9.32. The van der Waals surface area contributed by atoms with Gasteiger partial charge in [0.05, 0.1) is 0 Å². The highest BCUT2D eigenvalue weighted by Crippen LogP contribution is 2.43. The first kappa shape index (κ1) is 15.4. The lowest BCUT2D eigenvalue weighted by Crippen LogP contribution is -2.43. The van der Waals surface area contributed by atoms with Gasteiger partial charge in [0.25, 0.3) is 5.91 Å². The van der Waals surface area contributed by atoms with Crippen LogP contribution in [-0.2, 0) is 5.41 Å². The predicted octanol–water partition coefficient (Wildman–Crippen LogP) is 5.04. The number of piperidine rings is 1. The van der Waals surface area contributed by atoms with Crippen LogP contribution < -0.4 is 0 Å². The van der Waals surface area contributed by atoms with Crippen molar-refractivity contribution in [3.63, 3.8) is 0 Å². The topological polar surface area (TPSA) is 20.3 Å². The lowest BCUT2D eigenvalue weighted by Gasteiger charge is -2.39. The molecule has 1 amide bonds. The summed E-state index contributed by atoms with van der Waals surface area (Å²) in [5.74, 6) is 0.154. The normalized spacial score (nSPS) is 17.6. The predicted molar refractivity (Wildman–Crippen MR) is 106 cm³/mol. The molecular weight excluding hydrogens is 318 g/mol. The van der Waals surface area contributed by atoms with E-state index in [2.05, 4.69) is 48.6 Å². The monoisotopic (exact) mass is 339 g/mol. The number of likely N-dealkylation sites (tertiary alicyclic amines) is 1. The van der Waals surface area contributed by atoms with E-state index in [0.29, 0.717) is 0 Å². The second kappa shape index (κ2) is 5.84. The van der Waals surface area contributed by atoms with Crippen LogP contribution in [0.5, 0.6) is 0 Å². The lowest BCUT2D eigenvalue weighted by molar-refractivity contribution is 0.0690. The molecule has 128 valence electrons. The zero-order valence-electron chi connectivity index (χ0n) is 14.7. The Labute approximate surface area is 153 Å². The fourth-order valence-electron chi connectivity index (χ4n) is 4.48. The highest BCUT2D eigenvalue weighted by molar-refractivity contribution is 5.98. The zero-order valence-corrected chi connectivity index (χ0v) is 14.7. The van der Waals surface area contributed by atoms with Crippen LogP contribution in [0.4, 0.5) is 0 Å². The molecule has 1 spiro atoms. The number of benzene rings is 3. The van der Waals surface area contributed by atoms with E-state index in [9.17, 15) is 4.79 Å². The Hall–Kier alpha value is -2.87. The van der Waals surface area contributed by atoms with E-state index >= 15 is 0 Å². The Balaban J connectivity index is 1.37. The zero-order chi connectivity index (χ0) is 17.6. The van der Waals surface area contributed by atoms with Gasteiger partial charge < -0.3 is 4.90 Å². The van der Waals surface area contributed by atoms with Gasteiger partial charge in [-0.3, -0.25) is 4.79 Å². The third-order valence-electron chi connectivity index (χ3n) is 6.02. The molecule has 26 heavy (non-hydrogen) atoms. The number of hydrogen-bond acceptors (Lipinski definition) is 1. The maximum atomic E-state index is 13.0. The van der Waals surface area contributed by atoms with E-state index in [4.69, 9.17) is 0 Å². The van der Waals surface area contributed by atoms with Crippen LogP contribution in [0.15, 0.2) is 72.8 Å². The van der Waals surface area contributed by atoms with Gasteiger partial charge in [0.15, 0.2) is 0 Å². The van der Waals surface area contributed by atoms with E-state index in [1.165, 1.54) is 16.5 Å². The SMILES string of the molecule is O=C(c1ccc2ccccc2c1)N1CCC2(C=Cc3ccccc32)CC1. The van der Waals surface area contributed by atoms with Crippen molar-refractivity contribution < 1.29 is 4.79 Å². The van der Waals surface area contributed by atoms with Gasteiger partial charge in [-0.1, -0.05) is 66.7 Å². The number of fused-ring (bicyclic) bond motifs is 3. The average Bonchev–Trinajstić information content (AvgIpc) is 3.06.